The zero-order chi connectivity index (χ0) is 36.2. The van der Waals surface area contributed by atoms with Crippen LogP contribution in [0.1, 0.15) is 57.3 Å². The van der Waals surface area contributed by atoms with Gasteiger partial charge in [0.15, 0.2) is 17.3 Å². The fourth-order valence-electron chi connectivity index (χ4n) is 5.87. The minimum Gasteiger partial charge on any atom is -0.463 e. The van der Waals surface area contributed by atoms with Crippen LogP contribution in [0.15, 0.2) is 95.6 Å². The molecule has 15 heteroatoms. The zero-order valence-corrected chi connectivity index (χ0v) is 28.4. The minimum absolute atomic E-state index is 0.0845. The molecule has 0 bridgehead atoms. The number of amides is 1. The summed E-state index contributed by atoms with van der Waals surface area (Å²) < 4.78 is 32.6. The highest BCUT2D eigenvalue weighted by molar-refractivity contribution is 6.33. The number of nitrogens with one attached hydrogen (secondary N) is 1. The van der Waals surface area contributed by atoms with Gasteiger partial charge in [0.05, 0.1) is 29.4 Å². The number of H-pyrrole nitrogens is 1. The monoisotopic (exact) mass is 703 g/mol. The standard InChI is InChI=1S/C35H36ClF2N9O3/c1-6-7-25(40-5)15-29(48)50-18-28(22-10-13-27(36)26(14-22)30-41-20-42-45-30)47-31(49)35(44-33(47)39,19-34(2,3)4)24-11-8-21(9-12-24)23-16-43-46(17-23)32(37)38/h6-14,16-17,20,28,32H,1,5,15,18-19H2,2-4H3,(H2,39,44)(H,41,42,45)/b25-7-/t28-,35-/m1/s1. The molecule has 0 saturated heterocycles. The maximum atomic E-state index is 14.9. The number of nitrogens with two attached hydrogens (primary N) is 1. The summed E-state index contributed by atoms with van der Waals surface area (Å²) in [7, 11) is 0. The van der Waals surface area contributed by atoms with Crippen LogP contribution >= 0.6 is 11.6 Å². The van der Waals surface area contributed by atoms with E-state index in [9.17, 15) is 18.4 Å². The second-order valence-electron chi connectivity index (χ2n) is 12.8. The maximum absolute atomic E-state index is 14.9. The number of alkyl halides is 2. The van der Waals surface area contributed by atoms with Gasteiger partial charge < -0.3 is 10.5 Å². The predicted molar refractivity (Wildman–Crippen MR) is 186 cm³/mol. The van der Waals surface area contributed by atoms with E-state index in [1.54, 1.807) is 48.5 Å². The lowest BCUT2D eigenvalue weighted by Crippen LogP contribution is -2.47. The molecule has 1 amide bonds. The van der Waals surface area contributed by atoms with Crippen molar-refractivity contribution in [3.8, 4) is 22.5 Å². The average Bonchev–Trinajstić information content (AvgIpc) is 3.83. The Hall–Kier alpha value is -5.50. The van der Waals surface area contributed by atoms with Crippen molar-refractivity contribution in [1.29, 1.82) is 0 Å². The molecule has 12 nitrogen and oxygen atoms in total. The van der Waals surface area contributed by atoms with Crippen LogP contribution in [0.5, 0.6) is 0 Å². The number of guanidine groups is 1. The first-order valence-corrected chi connectivity index (χ1v) is 15.9. The van der Waals surface area contributed by atoms with Gasteiger partial charge >= 0.3 is 12.5 Å². The molecule has 0 radical (unpaired) electrons. The number of aliphatic imine (C=N–C) groups is 2. The van der Waals surface area contributed by atoms with E-state index in [4.69, 9.17) is 27.1 Å². The number of nitrogens with zero attached hydrogens (tertiary/aromatic N) is 7. The van der Waals surface area contributed by atoms with E-state index in [1.807, 2.05) is 20.8 Å². The molecule has 2 aromatic heterocycles. The first-order chi connectivity index (χ1) is 23.8. The summed E-state index contributed by atoms with van der Waals surface area (Å²) in [5.74, 6) is -0.757. The van der Waals surface area contributed by atoms with E-state index in [2.05, 4.69) is 38.6 Å². The van der Waals surface area contributed by atoms with E-state index in [1.165, 1.54) is 29.7 Å². The molecule has 260 valence electrons. The highest BCUT2D eigenvalue weighted by atomic mass is 35.5. The van der Waals surface area contributed by atoms with Gasteiger partial charge in [-0.2, -0.15) is 19.0 Å². The van der Waals surface area contributed by atoms with Crippen molar-refractivity contribution >= 4 is 36.2 Å². The van der Waals surface area contributed by atoms with Crippen LogP contribution in [0.2, 0.25) is 5.02 Å². The van der Waals surface area contributed by atoms with Crippen LogP contribution in [-0.4, -0.2) is 61.0 Å². The molecule has 0 saturated carbocycles. The summed E-state index contributed by atoms with van der Waals surface area (Å²) in [6, 6.07) is 11.0. The third-order valence-electron chi connectivity index (χ3n) is 8.01. The molecule has 2 atom stereocenters. The van der Waals surface area contributed by atoms with Crippen LogP contribution in [0, 0.1) is 5.41 Å². The van der Waals surface area contributed by atoms with Crippen LogP contribution in [0.25, 0.3) is 22.5 Å². The molecular formula is C35H36ClF2N9O3. The molecule has 0 aliphatic carbocycles. The Morgan fingerprint density at radius 1 is 1.20 bits per heavy atom. The van der Waals surface area contributed by atoms with Gasteiger partial charge in [0.25, 0.3) is 5.91 Å². The number of aromatic nitrogens is 5. The second-order valence-corrected chi connectivity index (χ2v) is 13.2. The van der Waals surface area contributed by atoms with Crippen molar-refractivity contribution in [2.24, 2.45) is 21.1 Å². The first-order valence-electron chi connectivity index (χ1n) is 15.5. The summed E-state index contributed by atoms with van der Waals surface area (Å²) in [6.45, 7) is 9.98. The Labute approximate surface area is 292 Å². The van der Waals surface area contributed by atoms with Crippen LogP contribution in [-0.2, 0) is 19.9 Å². The lowest BCUT2D eigenvalue weighted by atomic mass is 9.75. The summed E-state index contributed by atoms with van der Waals surface area (Å²) in [6.07, 6.45) is 7.03. The van der Waals surface area contributed by atoms with Gasteiger partial charge in [-0.15, -0.1) is 0 Å². The molecular weight excluding hydrogens is 668 g/mol. The minimum atomic E-state index is -2.78. The Kier molecular flexibility index (Phi) is 10.4. The van der Waals surface area contributed by atoms with Crippen LogP contribution in [0.4, 0.5) is 8.78 Å². The molecule has 1 aliphatic rings. The number of esters is 1. The fraction of sp³-hybridized carbons (Fsp3) is 0.286. The topological polar surface area (TPSA) is 157 Å². The number of benzene rings is 2. The molecule has 1 aliphatic heterocycles. The highest BCUT2D eigenvalue weighted by Gasteiger charge is 2.53. The second kappa shape index (κ2) is 14.5. The molecule has 0 spiro atoms. The zero-order valence-electron chi connectivity index (χ0n) is 27.7. The Bertz CT molecular complexity index is 1950. The van der Waals surface area contributed by atoms with E-state index in [0.29, 0.717) is 49.0 Å². The molecule has 0 unspecified atom stereocenters. The Balaban J connectivity index is 1.56. The molecule has 2 aromatic carbocycles. The van der Waals surface area contributed by atoms with Gasteiger partial charge in [0.2, 0.25) is 0 Å². The molecule has 0 fully saturated rings. The number of aromatic amines is 1. The van der Waals surface area contributed by atoms with Crippen molar-refractivity contribution < 1.29 is 23.1 Å². The van der Waals surface area contributed by atoms with Crippen molar-refractivity contribution in [3.63, 3.8) is 0 Å². The Morgan fingerprint density at radius 3 is 2.54 bits per heavy atom. The lowest BCUT2D eigenvalue weighted by Gasteiger charge is -2.35. The molecule has 3 heterocycles. The fourth-order valence-corrected chi connectivity index (χ4v) is 6.07. The summed E-state index contributed by atoms with van der Waals surface area (Å²) in [5, 5.41) is 10.8. The molecule has 3 N–H and O–H groups in total. The van der Waals surface area contributed by atoms with E-state index < -0.39 is 35.4 Å². The number of rotatable bonds is 13. The number of hydrogen-bond donors (Lipinski definition) is 2. The van der Waals surface area contributed by atoms with Gasteiger partial charge in [-0.1, -0.05) is 75.4 Å². The SMILES string of the molecule is C=C/C=C(/CC(=O)OC[C@H](c1ccc(Cl)c(-c2ncn[nH]2)c1)N1C(=O)[C@@](CC(C)(C)C)(c2ccc(-c3cnn(C(F)F)c3)cc2)N=C1N)N=C. The summed E-state index contributed by atoms with van der Waals surface area (Å²) in [5.41, 5.74) is 7.78. The normalized spacial score (nSPS) is 17.2. The van der Waals surface area contributed by atoms with Crippen molar-refractivity contribution in [1.82, 2.24) is 29.9 Å². The van der Waals surface area contributed by atoms with Crippen molar-refractivity contribution in [2.75, 3.05) is 6.61 Å². The van der Waals surface area contributed by atoms with Gasteiger partial charge in [-0.25, -0.2) is 14.7 Å². The van der Waals surface area contributed by atoms with Crippen molar-refractivity contribution in [3.05, 3.63) is 102 Å². The average molecular weight is 704 g/mol. The number of hydrogen-bond acceptors (Lipinski definition) is 9. The summed E-state index contributed by atoms with van der Waals surface area (Å²) >= 11 is 6.54. The van der Waals surface area contributed by atoms with Crippen molar-refractivity contribution in [2.45, 2.75) is 51.7 Å². The molecule has 5 rings (SSSR count). The highest BCUT2D eigenvalue weighted by Crippen LogP contribution is 2.45. The quantitative estimate of drug-likeness (QED) is 0.0901. The third kappa shape index (κ3) is 7.54. The lowest BCUT2D eigenvalue weighted by molar-refractivity contribution is -0.147. The van der Waals surface area contributed by atoms with E-state index in [-0.39, 0.29) is 25.4 Å². The first kappa shape index (κ1) is 35.8. The maximum Gasteiger partial charge on any atom is 0.333 e. The molecule has 4 aromatic rings. The summed E-state index contributed by atoms with van der Waals surface area (Å²) in [4.78, 5) is 42.1. The number of halogens is 3. The smallest absolute Gasteiger partial charge is 0.333 e. The van der Waals surface area contributed by atoms with E-state index in [0.717, 1.165) is 0 Å². The van der Waals surface area contributed by atoms with E-state index >= 15 is 0 Å². The number of carbonyl (C=O) groups excluding carboxylic acids is 2. The van der Waals surface area contributed by atoms with Crippen LogP contribution < -0.4 is 5.73 Å². The molecule has 50 heavy (non-hydrogen) atoms. The number of ether oxygens (including phenoxy) is 1. The largest absolute Gasteiger partial charge is 0.463 e. The predicted octanol–water partition coefficient (Wildman–Crippen LogP) is 6.62. The Morgan fingerprint density at radius 2 is 1.94 bits per heavy atom. The number of allylic oxidation sites excluding steroid dienone is 2. The van der Waals surface area contributed by atoms with Gasteiger partial charge in [-0.05, 0) is 53.5 Å². The van der Waals surface area contributed by atoms with Crippen LogP contribution in [0.3, 0.4) is 0 Å². The number of carbonyl (C=O) groups is 2. The van der Waals surface area contributed by atoms with Gasteiger partial charge in [-0.3, -0.25) is 24.6 Å². The van der Waals surface area contributed by atoms with Gasteiger partial charge in [0.1, 0.15) is 12.9 Å². The third-order valence-corrected chi connectivity index (χ3v) is 8.34. The van der Waals surface area contributed by atoms with Gasteiger partial charge in [0, 0.05) is 17.3 Å².